The molecule has 8 heteroatoms. The normalized spacial score (nSPS) is 12.0. The predicted octanol–water partition coefficient (Wildman–Crippen LogP) is 0.819. The van der Waals surface area contributed by atoms with Crippen molar-refractivity contribution in [3.05, 3.63) is 35.7 Å². The number of H-pyrrole nitrogens is 1. The summed E-state index contributed by atoms with van der Waals surface area (Å²) in [6, 6.07) is 1.43. The summed E-state index contributed by atoms with van der Waals surface area (Å²) in [7, 11) is 1.76. The predicted molar refractivity (Wildman–Crippen MR) is 93.9 cm³/mol. The quantitative estimate of drug-likeness (QED) is 0.740. The van der Waals surface area contributed by atoms with Crippen molar-refractivity contribution in [3.63, 3.8) is 0 Å². The molecule has 1 atom stereocenters. The molecule has 0 aliphatic carbocycles. The van der Waals surface area contributed by atoms with Gasteiger partial charge in [-0.25, -0.2) is 4.98 Å². The lowest BCUT2D eigenvalue weighted by molar-refractivity contribution is -0.135. The molecule has 2 N–H and O–H groups in total. The summed E-state index contributed by atoms with van der Waals surface area (Å²) < 4.78 is 1.95. The Labute approximate surface area is 147 Å². The largest absolute Gasteiger partial charge is 0.348 e. The van der Waals surface area contributed by atoms with Crippen molar-refractivity contribution in [1.29, 1.82) is 0 Å². The molecule has 2 rings (SSSR count). The van der Waals surface area contributed by atoms with Gasteiger partial charge in [0, 0.05) is 51.1 Å². The Balaban J connectivity index is 1.90. The zero-order valence-electron chi connectivity index (χ0n) is 15.2. The summed E-state index contributed by atoms with van der Waals surface area (Å²) in [4.78, 5) is 32.7. The van der Waals surface area contributed by atoms with Gasteiger partial charge in [0.25, 0.3) is 0 Å². The second kappa shape index (κ2) is 8.46. The number of nitrogens with one attached hydrogen (secondary N) is 2. The fourth-order valence-electron chi connectivity index (χ4n) is 2.80. The molecule has 0 spiro atoms. The third-order valence-corrected chi connectivity index (χ3v) is 4.00. The van der Waals surface area contributed by atoms with Crippen molar-refractivity contribution in [2.75, 3.05) is 13.6 Å². The van der Waals surface area contributed by atoms with E-state index < -0.39 is 6.04 Å². The van der Waals surface area contributed by atoms with Crippen LogP contribution in [0.2, 0.25) is 0 Å². The van der Waals surface area contributed by atoms with Gasteiger partial charge in [0.05, 0.1) is 12.0 Å². The summed E-state index contributed by atoms with van der Waals surface area (Å²) in [6.07, 6.45) is 4.40. The van der Waals surface area contributed by atoms with E-state index in [2.05, 4.69) is 20.4 Å². The van der Waals surface area contributed by atoms with E-state index in [-0.39, 0.29) is 11.8 Å². The highest BCUT2D eigenvalue weighted by molar-refractivity contribution is 5.86. The molecule has 0 saturated heterocycles. The number of aryl methyl sites for hydroxylation is 3. The molecule has 0 saturated carbocycles. The van der Waals surface area contributed by atoms with Crippen LogP contribution in [0.1, 0.15) is 30.4 Å². The van der Waals surface area contributed by atoms with E-state index in [1.54, 1.807) is 24.5 Å². The number of carbonyl (C=O) groups excluding carboxylic acids is 2. The van der Waals surface area contributed by atoms with Crippen LogP contribution in [-0.2, 0) is 22.6 Å². The molecule has 0 radical (unpaired) electrons. The summed E-state index contributed by atoms with van der Waals surface area (Å²) >= 11 is 0. The Hall–Kier alpha value is -2.64. The van der Waals surface area contributed by atoms with Gasteiger partial charge < -0.3 is 15.2 Å². The van der Waals surface area contributed by atoms with Crippen molar-refractivity contribution in [1.82, 2.24) is 30.0 Å². The summed E-state index contributed by atoms with van der Waals surface area (Å²) in [5, 5.41) is 7.15. The third-order valence-electron chi connectivity index (χ3n) is 4.00. The fraction of sp³-hybridized carbons (Fsp3) is 0.529. The standard InChI is InChI=1S/C17H26N6O2/c1-12-8-13(2)23(21-12)7-5-6-22(4)17(25)16(20-14(3)24)9-15-10-18-11-19-15/h8,10-11,16H,5-7,9H2,1-4H3,(H,18,19)(H,20,24)/t16-/m0/s1. The first-order valence-corrected chi connectivity index (χ1v) is 8.37. The van der Waals surface area contributed by atoms with Crippen molar-refractivity contribution < 1.29 is 9.59 Å². The lowest BCUT2D eigenvalue weighted by Gasteiger charge is -2.24. The van der Waals surface area contributed by atoms with Gasteiger partial charge >= 0.3 is 0 Å². The minimum atomic E-state index is -0.600. The van der Waals surface area contributed by atoms with Crippen LogP contribution in [0.5, 0.6) is 0 Å². The van der Waals surface area contributed by atoms with Gasteiger partial charge in [-0.2, -0.15) is 5.10 Å². The second-order valence-electron chi connectivity index (χ2n) is 6.30. The SMILES string of the molecule is CC(=O)N[C@@H](Cc1cnc[nH]1)C(=O)N(C)CCCn1nc(C)cc1C. The highest BCUT2D eigenvalue weighted by atomic mass is 16.2. The molecule has 2 heterocycles. The molecule has 0 aliphatic heterocycles. The zero-order valence-corrected chi connectivity index (χ0v) is 15.2. The van der Waals surface area contributed by atoms with Gasteiger partial charge in [0.15, 0.2) is 0 Å². The molecule has 0 bridgehead atoms. The maximum absolute atomic E-state index is 12.7. The Kier molecular flexibility index (Phi) is 6.32. The highest BCUT2D eigenvalue weighted by Gasteiger charge is 2.23. The van der Waals surface area contributed by atoms with Crippen LogP contribution in [0, 0.1) is 13.8 Å². The van der Waals surface area contributed by atoms with Gasteiger partial charge in [-0.1, -0.05) is 0 Å². The molecule has 0 fully saturated rings. The fourth-order valence-corrected chi connectivity index (χ4v) is 2.80. The van der Waals surface area contributed by atoms with Crippen LogP contribution in [0.4, 0.5) is 0 Å². The average Bonchev–Trinajstić information content (AvgIpc) is 3.15. The number of rotatable bonds is 8. The van der Waals surface area contributed by atoms with Crippen molar-refractivity contribution in [2.45, 2.75) is 46.2 Å². The highest BCUT2D eigenvalue weighted by Crippen LogP contribution is 2.05. The minimum absolute atomic E-state index is 0.113. The maximum atomic E-state index is 12.7. The molecular formula is C17H26N6O2. The molecule has 0 aromatic carbocycles. The van der Waals surface area contributed by atoms with Crippen LogP contribution in [0.25, 0.3) is 0 Å². The van der Waals surface area contributed by atoms with Crippen LogP contribution < -0.4 is 5.32 Å². The van der Waals surface area contributed by atoms with E-state index in [0.717, 1.165) is 30.0 Å². The van der Waals surface area contributed by atoms with Crippen molar-refractivity contribution >= 4 is 11.8 Å². The molecular weight excluding hydrogens is 320 g/mol. The van der Waals surface area contributed by atoms with E-state index in [1.165, 1.54) is 6.92 Å². The molecule has 8 nitrogen and oxygen atoms in total. The first-order valence-electron chi connectivity index (χ1n) is 8.37. The summed E-state index contributed by atoms with van der Waals surface area (Å²) in [6.45, 7) is 6.74. The number of aromatic nitrogens is 4. The Morgan fingerprint density at radius 3 is 2.72 bits per heavy atom. The second-order valence-corrected chi connectivity index (χ2v) is 6.30. The molecule has 25 heavy (non-hydrogen) atoms. The molecule has 2 amide bonds. The molecule has 2 aromatic rings. The van der Waals surface area contributed by atoms with Crippen molar-refractivity contribution in [3.8, 4) is 0 Å². The minimum Gasteiger partial charge on any atom is -0.348 e. The first-order chi connectivity index (χ1) is 11.9. The Bertz CT molecular complexity index is 707. The van der Waals surface area contributed by atoms with Crippen LogP contribution >= 0.6 is 0 Å². The number of likely N-dealkylation sites (N-methyl/N-ethyl adjacent to an activating group) is 1. The number of imidazole rings is 1. The smallest absolute Gasteiger partial charge is 0.245 e. The average molecular weight is 346 g/mol. The first kappa shape index (κ1) is 18.7. The summed E-state index contributed by atoms with van der Waals surface area (Å²) in [5.41, 5.74) is 2.91. The van der Waals surface area contributed by atoms with E-state index in [0.29, 0.717) is 13.0 Å². The van der Waals surface area contributed by atoms with E-state index >= 15 is 0 Å². The number of amides is 2. The van der Waals surface area contributed by atoms with E-state index in [9.17, 15) is 9.59 Å². The zero-order chi connectivity index (χ0) is 18.4. The number of aromatic amines is 1. The number of nitrogens with zero attached hydrogens (tertiary/aromatic N) is 4. The molecule has 0 aliphatic rings. The topological polar surface area (TPSA) is 95.9 Å². The third kappa shape index (κ3) is 5.44. The monoisotopic (exact) mass is 346 g/mol. The van der Waals surface area contributed by atoms with Gasteiger partial charge in [0.1, 0.15) is 6.04 Å². The van der Waals surface area contributed by atoms with Crippen LogP contribution in [-0.4, -0.2) is 56.1 Å². The van der Waals surface area contributed by atoms with Crippen LogP contribution in [0.15, 0.2) is 18.6 Å². The lowest BCUT2D eigenvalue weighted by Crippen LogP contribution is -2.48. The maximum Gasteiger partial charge on any atom is 0.245 e. The summed E-state index contributed by atoms with van der Waals surface area (Å²) in [5.74, 6) is -0.341. The number of hydrogen-bond donors (Lipinski definition) is 2. The Morgan fingerprint density at radius 1 is 1.40 bits per heavy atom. The van der Waals surface area contributed by atoms with E-state index in [1.807, 2.05) is 24.6 Å². The van der Waals surface area contributed by atoms with Crippen LogP contribution in [0.3, 0.4) is 0 Å². The van der Waals surface area contributed by atoms with Gasteiger partial charge in [-0.15, -0.1) is 0 Å². The Morgan fingerprint density at radius 2 is 2.16 bits per heavy atom. The number of hydrogen-bond acceptors (Lipinski definition) is 4. The molecule has 2 aromatic heterocycles. The van der Waals surface area contributed by atoms with Gasteiger partial charge in [-0.05, 0) is 26.3 Å². The van der Waals surface area contributed by atoms with E-state index in [4.69, 9.17) is 0 Å². The van der Waals surface area contributed by atoms with Gasteiger partial charge in [-0.3, -0.25) is 14.3 Å². The van der Waals surface area contributed by atoms with Gasteiger partial charge in [0.2, 0.25) is 11.8 Å². The molecule has 136 valence electrons. The molecule has 0 unspecified atom stereocenters. The lowest BCUT2D eigenvalue weighted by atomic mass is 10.1. The van der Waals surface area contributed by atoms with Crippen molar-refractivity contribution in [2.24, 2.45) is 0 Å². The number of carbonyl (C=O) groups is 2.